The van der Waals surface area contributed by atoms with Gasteiger partial charge in [-0.2, -0.15) is 0 Å². The molecule has 1 atom stereocenters. The van der Waals surface area contributed by atoms with Crippen LogP contribution in [-0.4, -0.2) is 19.8 Å². The van der Waals surface area contributed by atoms with Crippen molar-refractivity contribution in [2.75, 3.05) is 19.8 Å². The van der Waals surface area contributed by atoms with Crippen LogP contribution in [0, 0.1) is 11.6 Å². The van der Waals surface area contributed by atoms with Crippen LogP contribution in [0.25, 0.3) is 0 Å². The average molecular weight is 270 g/mol. The summed E-state index contributed by atoms with van der Waals surface area (Å²) in [5.41, 5.74) is -0.000833. The van der Waals surface area contributed by atoms with Crippen LogP contribution in [0.5, 0.6) is 0 Å². The van der Waals surface area contributed by atoms with E-state index in [0.29, 0.717) is 13.2 Å². The minimum atomic E-state index is -0.636. The molecular weight excluding hydrogens is 259 g/mol. The highest BCUT2D eigenvalue weighted by molar-refractivity contribution is 6.30. The third-order valence-electron chi connectivity index (χ3n) is 2.31. The maximum atomic E-state index is 13.5. The van der Waals surface area contributed by atoms with Crippen molar-refractivity contribution >= 4 is 24.0 Å². The lowest BCUT2D eigenvalue weighted by atomic mass is 10.1. The zero-order valence-corrected chi connectivity index (χ0v) is 9.88. The Morgan fingerprint density at radius 3 is 2.44 bits per heavy atom. The smallest absolute Gasteiger partial charge is 0.132 e. The molecule has 1 aliphatic rings. The van der Waals surface area contributed by atoms with Crippen LogP contribution < -0.4 is 5.32 Å². The quantitative estimate of drug-likeness (QED) is 0.847. The number of benzene rings is 1. The molecule has 0 amide bonds. The zero-order chi connectivity index (χ0) is 10.8. The highest BCUT2D eigenvalue weighted by atomic mass is 35.5. The molecule has 1 aromatic rings. The van der Waals surface area contributed by atoms with E-state index in [4.69, 9.17) is 16.3 Å². The Labute approximate surface area is 103 Å². The van der Waals surface area contributed by atoms with Gasteiger partial charge in [-0.05, 0) is 12.1 Å². The van der Waals surface area contributed by atoms with Gasteiger partial charge in [0.05, 0.1) is 19.3 Å². The Balaban J connectivity index is 0.00000128. The molecule has 2 nitrogen and oxygen atoms in total. The number of rotatable bonds is 1. The summed E-state index contributed by atoms with van der Waals surface area (Å²) in [5.74, 6) is -1.27. The summed E-state index contributed by atoms with van der Waals surface area (Å²) < 4.78 is 32.1. The number of halogens is 4. The van der Waals surface area contributed by atoms with Crippen molar-refractivity contribution in [2.24, 2.45) is 0 Å². The van der Waals surface area contributed by atoms with Crippen molar-refractivity contribution < 1.29 is 13.5 Å². The van der Waals surface area contributed by atoms with Crippen LogP contribution in [-0.2, 0) is 4.74 Å². The van der Waals surface area contributed by atoms with E-state index >= 15 is 0 Å². The van der Waals surface area contributed by atoms with Crippen LogP contribution in [0.15, 0.2) is 12.1 Å². The Hall–Kier alpha value is -0.420. The first-order valence-electron chi connectivity index (χ1n) is 4.64. The molecule has 1 aliphatic heterocycles. The molecule has 0 radical (unpaired) electrons. The maximum absolute atomic E-state index is 13.5. The molecule has 90 valence electrons. The van der Waals surface area contributed by atoms with Crippen LogP contribution in [0.4, 0.5) is 8.78 Å². The summed E-state index contributed by atoms with van der Waals surface area (Å²) in [6, 6.07) is 1.78. The lowest BCUT2D eigenvalue weighted by molar-refractivity contribution is 0.0745. The van der Waals surface area contributed by atoms with Crippen LogP contribution >= 0.6 is 24.0 Å². The summed E-state index contributed by atoms with van der Waals surface area (Å²) in [6.07, 6.45) is 0. The van der Waals surface area contributed by atoms with Gasteiger partial charge in [0.15, 0.2) is 0 Å². The lowest BCUT2D eigenvalue weighted by Crippen LogP contribution is -2.35. The van der Waals surface area contributed by atoms with Crippen molar-refractivity contribution in [1.29, 1.82) is 0 Å². The van der Waals surface area contributed by atoms with Gasteiger partial charge in [0.25, 0.3) is 0 Å². The topological polar surface area (TPSA) is 21.3 Å². The highest BCUT2D eigenvalue weighted by Crippen LogP contribution is 2.25. The van der Waals surface area contributed by atoms with Crippen molar-refractivity contribution in [3.63, 3.8) is 0 Å². The molecule has 16 heavy (non-hydrogen) atoms. The molecule has 1 saturated heterocycles. The fraction of sp³-hybridized carbons (Fsp3) is 0.400. The van der Waals surface area contributed by atoms with Gasteiger partial charge in [-0.3, -0.25) is 0 Å². The second-order valence-corrected chi connectivity index (χ2v) is 3.80. The van der Waals surface area contributed by atoms with E-state index in [1.165, 1.54) is 0 Å². The summed E-state index contributed by atoms with van der Waals surface area (Å²) in [6.45, 7) is 1.43. The predicted molar refractivity (Wildman–Crippen MR) is 60.2 cm³/mol. The second-order valence-electron chi connectivity index (χ2n) is 3.36. The van der Waals surface area contributed by atoms with Gasteiger partial charge in [0.2, 0.25) is 0 Å². The molecule has 0 bridgehead atoms. The van der Waals surface area contributed by atoms with Crippen molar-refractivity contribution in [2.45, 2.75) is 6.04 Å². The second kappa shape index (κ2) is 5.77. The fourth-order valence-corrected chi connectivity index (χ4v) is 1.83. The Kier molecular flexibility index (Phi) is 4.92. The summed E-state index contributed by atoms with van der Waals surface area (Å²) in [4.78, 5) is 0. The summed E-state index contributed by atoms with van der Waals surface area (Å²) >= 11 is 5.53. The van der Waals surface area contributed by atoms with Crippen molar-refractivity contribution in [1.82, 2.24) is 5.32 Å². The number of hydrogen-bond donors (Lipinski definition) is 1. The van der Waals surface area contributed by atoms with Gasteiger partial charge in [0.1, 0.15) is 11.6 Å². The van der Waals surface area contributed by atoms with E-state index in [2.05, 4.69) is 5.32 Å². The molecule has 0 unspecified atom stereocenters. The van der Waals surface area contributed by atoms with Crippen LogP contribution in [0.1, 0.15) is 11.6 Å². The number of morpholine rings is 1. The minimum Gasteiger partial charge on any atom is -0.378 e. The Morgan fingerprint density at radius 2 is 1.94 bits per heavy atom. The maximum Gasteiger partial charge on any atom is 0.132 e. The molecule has 1 heterocycles. The van der Waals surface area contributed by atoms with Gasteiger partial charge >= 0.3 is 0 Å². The molecule has 1 aromatic carbocycles. The van der Waals surface area contributed by atoms with E-state index < -0.39 is 17.7 Å². The number of nitrogens with one attached hydrogen (secondary N) is 1. The molecule has 0 spiro atoms. The zero-order valence-electron chi connectivity index (χ0n) is 8.30. The molecule has 1 N–H and O–H groups in total. The third kappa shape index (κ3) is 2.83. The fourth-order valence-electron chi connectivity index (χ4n) is 1.64. The van der Waals surface area contributed by atoms with Gasteiger partial charge in [-0.1, -0.05) is 11.6 Å². The molecule has 0 aromatic heterocycles. The Bertz CT molecular complexity index is 347. The van der Waals surface area contributed by atoms with Gasteiger partial charge in [0, 0.05) is 17.1 Å². The van der Waals surface area contributed by atoms with Crippen LogP contribution in [0.2, 0.25) is 5.02 Å². The molecule has 1 fully saturated rings. The lowest BCUT2D eigenvalue weighted by Gasteiger charge is -2.24. The number of hydrogen-bond acceptors (Lipinski definition) is 2. The van der Waals surface area contributed by atoms with Gasteiger partial charge < -0.3 is 10.1 Å². The van der Waals surface area contributed by atoms with E-state index in [1.54, 1.807) is 0 Å². The number of ether oxygens (including phenoxy) is 1. The minimum absolute atomic E-state index is 0. The molecular formula is C10H11Cl2F2NO. The van der Waals surface area contributed by atoms with Gasteiger partial charge in [-0.15, -0.1) is 12.4 Å². The first kappa shape index (κ1) is 13.6. The van der Waals surface area contributed by atoms with Crippen LogP contribution in [0.3, 0.4) is 0 Å². The van der Waals surface area contributed by atoms with Gasteiger partial charge in [-0.25, -0.2) is 8.78 Å². The SMILES string of the molecule is Cl.Fc1cc(Cl)cc(F)c1[C@@H]1COCCN1. The largest absolute Gasteiger partial charge is 0.378 e. The Morgan fingerprint density at radius 1 is 1.31 bits per heavy atom. The molecule has 0 saturated carbocycles. The molecule has 2 rings (SSSR count). The summed E-state index contributed by atoms with van der Waals surface area (Å²) in [5, 5.41) is 3.05. The monoisotopic (exact) mass is 269 g/mol. The standard InChI is InChI=1S/C10H10ClF2NO.ClH/c11-6-3-7(12)10(8(13)4-6)9-5-15-2-1-14-9;/h3-4,9,14H,1-2,5H2;1H/t9-;/m0./s1. The van der Waals surface area contributed by atoms with E-state index in [0.717, 1.165) is 12.1 Å². The highest BCUT2D eigenvalue weighted by Gasteiger charge is 2.22. The first-order valence-corrected chi connectivity index (χ1v) is 5.02. The third-order valence-corrected chi connectivity index (χ3v) is 2.53. The molecule has 6 heteroatoms. The van der Waals surface area contributed by atoms with E-state index in [9.17, 15) is 8.78 Å². The first-order chi connectivity index (χ1) is 7.18. The normalized spacial score (nSPS) is 20.3. The van der Waals surface area contributed by atoms with Crippen molar-refractivity contribution in [3.8, 4) is 0 Å². The summed E-state index contributed by atoms with van der Waals surface area (Å²) in [7, 11) is 0. The van der Waals surface area contributed by atoms with Crippen molar-refractivity contribution in [3.05, 3.63) is 34.4 Å². The predicted octanol–water partition coefficient (Wildman–Crippen LogP) is 2.70. The van der Waals surface area contributed by atoms with E-state index in [-0.39, 0.29) is 29.6 Å². The van der Waals surface area contributed by atoms with E-state index in [1.807, 2.05) is 0 Å². The molecule has 0 aliphatic carbocycles. The average Bonchev–Trinajstić information content (AvgIpc) is 2.17.